The first-order valence-corrected chi connectivity index (χ1v) is 12.8. The van der Waals surface area contributed by atoms with E-state index in [9.17, 15) is 9.59 Å². The molecule has 2 atom stereocenters. The highest BCUT2D eigenvalue weighted by atomic mass is 16.7. The summed E-state index contributed by atoms with van der Waals surface area (Å²) in [4.78, 5) is 36.2. The van der Waals surface area contributed by atoms with Gasteiger partial charge in [0.1, 0.15) is 11.6 Å². The Kier molecular flexibility index (Phi) is 8.25. The van der Waals surface area contributed by atoms with Crippen LogP contribution in [0.3, 0.4) is 0 Å². The van der Waals surface area contributed by atoms with Crippen LogP contribution in [0.1, 0.15) is 68.7 Å². The summed E-state index contributed by atoms with van der Waals surface area (Å²) in [5, 5.41) is 5.70. The molecule has 0 aliphatic carbocycles. The second-order valence-corrected chi connectivity index (χ2v) is 12.1. The lowest BCUT2D eigenvalue weighted by Gasteiger charge is -2.32. The Bertz CT molecular complexity index is 916. The molecule has 2 saturated heterocycles. The lowest BCUT2D eigenvalue weighted by Crippen LogP contribution is -2.51. The molecule has 2 fully saturated rings. The summed E-state index contributed by atoms with van der Waals surface area (Å²) in [6, 6.07) is -0.664. The number of ether oxygens (including phenoxy) is 1. The van der Waals surface area contributed by atoms with Crippen molar-refractivity contribution in [3.8, 4) is 0 Å². The molecule has 2 amide bonds. The highest BCUT2D eigenvalue weighted by Gasteiger charge is 2.52. The van der Waals surface area contributed by atoms with Crippen LogP contribution in [-0.2, 0) is 18.8 Å². The molecule has 0 radical (unpaired) electrons. The van der Waals surface area contributed by atoms with Crippen LogP contribution in [0.25, 0.3) is 0 Å². The summed E-state index contributed by atoms with van der Waals surface area (Å²) in [5.41, 5.74) is -0.669. The second-order valence-electron chi connectivity index (χ2n) is 12.1. The quantitative estimate of drug-likeness (QED) is 0.545. The van der Waals surface area contributed by atoms with E-state index in [1.54, 1.807) is 33.2 Å². The molecule has 0 saturated carbocycles. The minimum Gasteiger partial charge on any atom is -0.444 e. The molecule has 0 spiro atoms. The molecule has 36 heavy (non-hydrogen) atoms. The number of alkyl carbamates (subject to hydrolysis) is 1. The Morgan fingerprint density at radius 3 is 2.28 bits per heavy atom. The highest BCUT2D eigenvalue weighted by Crippen LogP contribution is 2.36. The third kappa shape index (κ3) is 6.88. The number of rotatable bonds is 7. The maximum Gasteiger partial charge on any atom is 0.498 e. The predicted molar refractivity (Wildman–Crippen MR) is 139 cm³/mol. The van der Waals surface area contributed by atoms with Gasteiger partial charge in [-0.15, -0.1) is 0 Å². The summed E-state index contributed by atoms with van der Waals surface area (Å²) in [6.45, 7) is 19.3. The molecule has 200 valence electrons. The molecular formula is C25H42BN5O5. The number of nitrogens with one attached hydrogen (secondary N) is 2. The monoisotopic (exact) mass is 503 g/mol. The van der Waals surface area contributed by atoms with Gasteiger partial charge in [0.15, 0.2) is 0 Å². The van der Waals surface area contributed by atoms with Crippen molar-refractivity contribution >= 4 is 30.5 Å². The van der Waals surface area contributed by atoms with E-state index < -0.39 is 36.1 Å². The summed E-state index contributed by atoms with van der Waals surface area (Å²) in [6.07, 6.45) is 3.84. The van der Waals surface area contributed by atoms with Crippen molar-refractivity contribution in [2.45, 2.75) is 91.6 Å². The van der Waals surface area contributed by atoms with Gasteiger partial charge in [0.25, 0.3) is 0 Å². The Morgan fingerprint density at radius 2 is 1.75 bits per heavy atom. The Labute approximate surface area is 215 Å². The first kappa shape index (κ1) is 28.2. The summed E-state index contributed by atoms with van der Waals surface area (Å²) in [5.74, 6) is 0.621. The van der Waals surface area contributed by atoms with E-state index in [-0.39, 0.29) is 17.7 Å². The zero-order valence-corrected chi connectivity index (χ0v) is 23.2. The second kappa shape index (κ2) is 10.5. The molecule has 11 heteroatoms. The van der Waals surface area contributed by atoms with Crippen molar-refractivity contribution in [2.75, 3.05) is 24.5 Å². The zero-order chi connectivity index (χ0) is 26.9. The van der Waals surface area contributed by atoms with Gasteiger partial charge >= 0.3 is 13.2 Å². The number of anilines is 1. The SMILES string of the molecule is CC(C)[C@H](NC(=O)OC(C)(C)C)C(=O)NC[C@@H]1CCN(c2ncc(B3OC(C)(C)C(C)(C)O3)cn2)C1. The van der Waals surface area contributed by atoms with Crippen molar-refractivity contribution < 1.29 is 23.6 Å². The number of carbonyl (C=O) groups excluding carboxylic acids is 2. The summed E-state index contributed by atoms with van der Waals surface area (Å²) >= 11 is 0. The molecular weight excluding hydrogens is 461 g/mol. The Morgan fingerprint density at radius 1 is 1.17 bits per heavy atom. The normalized spacial score (nSPS) is 22.0. The van der Waals surface area contributed by atoms with Crippen LogP contribution in [0, 0.1) is 11.8 Å². The van der Waals surface area contributed by atoms with Gasteiger partial charge in [-0.05, 0) is 66.7 Å². The summed E-state index contributed by atoms with van der Waals surface area (Å²) in [7, 11) is -0.492. The molecule has 0 aromatic carbocycles. The van der Waals surface area contributed by atoms with Crippen molar-refractivity contribution in [1.29, 1.82) is 0 Å². The third-order valence-electron chi connectivity index (χ3n) is 6.94. The Hall–Kier alpha value is -2.40. The van der Waals surface area contributed by atoms with E-state index in [4.69, 9.17) is 14.0 Å². The van der Waals surface area contributed by atoms with E-state index in [0.29, 0.717) is 12.5 Å². The standard InChI is InChI=1S/C25H42BN5O5/c1-16(2)19(30-22(33)34-23(3,4)5)20(32)27-12-17-10-11-31(15-17)21-28-13-18(14-29-21)26-35-24(6,7)25(8,9)36-26/h13-14,16-17,19H,10-12,15H2,1-9H3,(H,27,32)(H,30,33)/t17-,19-/m0/s1. The number of nitrogens with zero attached hydrogens (tertiary/aromatic N) is 3. The van der Waals surface area contributed by atoms with Crippen molar-refractivity contribution in [1.82, 2.24) is 20.6 Å². The van der Waals surface area contributed by atoms with Gasteiger partial charge in [0.05, 0.1) is 11.2 Å². The summed E-state index contributed by atoms with van der Waals surface area (Å²) < 4.78 is 17.5. The Balaban J connectivity index is 1.50. The van der Waals surface area contributed by atoms with Crippen LogP contribution < -0.4 is 21.0 Å². The van der Waals surface area contributed by atoms with Crippen molar-refractivity contribution in [3.05, 3.63) is 12.4 Å². The molecule has 2 N–H and O–H groups in total. The zero-order valence-electron chi connectivity index (χ0n) is 23.2. The average Bonchev–Trinajstić information content (AvgIpc) is 3.30. The fraction of sp³-hybridized carbons (Fsp3) is 0.760. The van der Waals surface area contributed by atoms with Crippen LogP contribution in [-0.4, -0.2) is 71.6 Å². The molecule has 3 heterocycles. The number of hydrogen-bond acceptors (Lipinski definition) is 8. The average molecular weight is 503 g/mol. The van der Waals surface area contributed by atoms with Crippen LogP contribution in [0.15, 0.2) is 12.4 Å². The van der Waals surface area contributed by atoms with Gasteiger partial charge in [-0.3, -0.25) is 4.79 Å². The molecule has 2 aliphatic rings. The number of hydrogen-bond donors (Lipinski definition) is 2. The van der Waals surface area contributed by atoms with Crippen LogP contribution in [0.2, 0.25) is 0 Å². The highest BCUT2D eigenvalue weighted by molar-refractivity contribution is 6.61. The van der Waals surface area contributed by atoms with Crippen LogP contribution >= 0.6 is 0 Å². The maximum atomic E-state index is 12.8. The number of amides is 2. The molecule has 0 bridgehead atoms. The van der Waals surface area contributed by atoms with E-state index in [1.807, 2.05) is 41.5 Å². The van der Waals surface area contributed by atoms with Gasteiger partial charge in [0, 0.05) is 37.5 Å². The minimum absolute atomic E-state index is 0.0755. The third-order valence-corrected chi connectivity index (χ3v) is 6.94. The van der Waals surface area contributed by atoms with E-state index in [0.717, 1.165) is 25.0 Å². The molecule has 1 aromatic rings. The van der Waals surface area contributed by atoms with E-state index in [2.05, 4.69) is 25.5 Å². The first-order valence-electron chi connectivity index (χ1n) is 12.8. The largest absolute Gasteiger partial charge is 0.498 e. The van der Waals surface area contributed by atoms with Gasteiger partial charge in [-0.1, -0.05) is 13.8 Å². The molecule has 3 rings (SSSR count). The number of aromatic nitrogens is 2. The molecule has 2 aliphatic heterocycles. The van der Waals surface area contributed by atoms with Gasteiger partial charge < -0.3 is 29.6 Å². The minimum atomic E-state index is -0.664. The molecule has 0 unspecified atom stereocenters. The van der Waals surface area contributed by atoms with Gasteiger partial charge in [-0.2, -0.15) is 0 Å². The van der Waals surface area contributed by atoms with Gasteiger partial charge in [-0.25, -0.2) is 14.8 Å². The van der Waals surface area contributed by atoms with E-state index in [1.165, 1.54) is 0 Å². The molecule has 10 nitrogen and oxygen atoms in total. The van der Waals surface area contributed by atoms with Crippen LogP contribution in [0.5, 0.6) is 0 Å². The van der Waals surface area contributed by atoms with Crippen molar-refractivity contribution in [2.24, 2.45) is 11.8 Å². The predicted octanol–water partition coefficient (Wildman–Crippen LogP) is 2.27. The number of carbonyl (C=O) groups is 2. The molecule has 1 aromatic heterocycles. The van der Waals surface area contributed by atoms with Crippen LogP contribution in [0.4, 0.5) is 10.7 Å². The lowest BCUT2D eigenvalue weighted by atomic mass is 9.81. The fourth-order valence-corrected chi connectivity index (χ4v) is 4.10. The first-order chi connectivity index (χ1) is 16.6. The topological polar surface area (TPSA) is 115 Å². The van der Waals surface area contributed by atoms with Gasteiger partial charge in [0.2, 0.25) is 11.9 Å². The van der Waals surface area contributed by atoms with Crippen molar-refractivity contribution in [3.63, 3.8) is 0 Å². The smallest absolute Gasteiger partial charge is 0.444 e. The fourth-order valence-electron chi connectivity index (χ4n) is 4.10. The lowest BCUT2D eigenvalue weighted by molar-refractivity contribution is -0.124. The maximum absolute atomic E-state index is 12.8. The van der Waals surface area contributed by atoms with E-state index >= 15 is 0 Å².